The molecule has 1 aromatic rings. The maximum absolute atomic E-state index is 8.80. The Hall–Kier alpha value is -0.120. The number of hydrogen-bond donors (Lipinski definition) is 1. The summed E-state index contributed by atoms with van der Waals surface area (Å²) in [6, 6.07) is 1.83. The summed E-state index contributed by atoms with van der Waals surface area (Å²) >= 11 is 8.93. The number of aliphatic hydroxyl groups is 1. The Morgan fingerprint density at radius 2 is 2.36 bits per heavy atom. The number of halogens is 2. The molecule has 0 radical (unpaired) electrons. The molecule has 0 unspecified atom stereocenters. The van der Waals surface area contributed by atoms with Crippen molar-refractivity contribution >= 4 is 27.5 Å². The summed E-state index contributed by atoms with van der Waals surface area (Å²) in [6.45, 7) is 1.80. The maximum atomic E-state index is 8.80. The minimum atomic E-state index is -0.0706. The fourth-order valence-corrected chi connectivity index (χ4v) is 1.34. The molecule has 60 valence electrons. The molecule has 1 heterocycles. The normalized spacial score (nSPS) is 10.2. The van der Waals surface area contributed by atoms with Crippen LogP contribution in [0.15, 0.2) is 10.5 Å². The average Bonchev–Trinajstić information content (AvgIpc) is 1.97. The summed E-state index contributed by atoms with van der Waals surface area (Å²) in [5, 5.41) is 9.19. The molecular weight excluding hydrogens is 229 g/mol. The van der Waals surface area contributed by atoms with E-state index in [1.165, 1.54) is 0 Å². The topological polar surface area (TPSA) is 33.1 Å². The quantitative estimate of drug-likeness (QED) is 0.759. The van der Waals surface area contributed by atoms with E-state index in [1.54, 1.807) is 0 Å². The molecule has 0 saturated heterocycles. The number of rotatable bonds is 1. The highest BCUT2D eigenvalue weighted by atomic mass is 79.9. The minimum Gasteiger partial charge on any atom is -0.390 e. The Labute approximate surface area is 78.3 Å². The third kappa shape index (κ3) is 1.92. The molecule has 1 aromatic heterocycles. The van der Waals surface area contributed by atoms with Gasteiger partial charge in [-0.15, -0.1) is 0 Å². The standard InChI is InChI=1S/C7H7BrClNO/c1-4-2-5(8)7(9)10-6(4)3-11/h2,11H,3H2,1H3. The van der Waals surface area contributed by atoms with Crippen molar-refractivity contribution in [1.29, 1.82) is 0 Å². The van der Waals surface area contributed by atoms with E-state index in [0.29, 0.717) is 10.8 Å². The number of nitrogens with zero attached hydrogens (tertiary/aromatic N) is 1. The summed E-state index contributed by atoms with van der Waals surface area (Å²) in [6.07, 6.45) is 0. The molecule has 11 heavy (non-hydrogen) atoms. The fourth-order valence-electron chi connectivity index (χ4n) is 0.753. The van der Waals surface area contributed by atoms with E-state index in [1.807, 2.05) is 13.0 Å². The van der Waals surface area contributed by atoms with Crippen LogP contribution in [0.3, 0.4) is 0 Å². The molecule has 1 rings (SSSR count). The molecular formula is C7H7BrClNO. The van der Waals surface area contributed by atoms with Crippen LogP contribution in [0.1, 0.15) is 11.3 Å². The lowest BCUT2D eigenvalue weighted by atomic mass is 10.2. The van der Waals surface area contributed by atoms with Crippen LogP contribution < -0.4 is 0 Å². The third-order valence-corrected chi connectivity index (χ3v) is 2.50. The smallest absolute Gasteiger partial charge is 0.143 e. The van der Waals surface area contributed by atoms with Gasteiger partial charge < -0.3 is 5.11 Å². The molecule has 0 spiro atoms. The van der Waals surface area contributed by atoms with Crippen LogP contribution in [0.2, 0.25) is 5.15 Å². The maximum Gasteiger partial charge on any atom is 0.143 e. The monoisotopic (exact) mass is 235 g/mol. The summed E-state index contributed by atoms with van der Waals surface area (Å²) in [5.74, 6) is 0. The van der Waals surface area contributed by atoms with E-state index in [0.717, 1.165) is 10.0 Å². The van der Waals surface area contributed by atoms with E-state index >= 15 is 0 Å². The molecule has 0 aliphatic carbocycles. The van der Waals surface area contributed by atoms with E-state index < -0.39 is 0 Å². The van der Waals surface area contributed by atoms with Crippen molar-refractivity contribution in [2.75, 3.05) is 0 Å². The van der Waals surface area contributed by atoms with E-state index in [4.69, 9.17) is 16.7 Å². The van der Waals surface area contributed by atoms with Crippen molar-refractivity contribution in [3.63, 3.8) is 0 Å². The molecule has 0 amide bonds. The zero-order valence-corrected chi connectivity index (χ0v) is 8.28. The van der Waals surface area contributed by atoms with E-state index in [9.17, 15) is 0 Å². The zero-order chi connectivity index (χ0) is 8.43. The number of pyridine rings is 1. The number of aliphatic hydroxyl groups excluding tert-OH is 1. The molecule has 2 nitrogen and oxygen atoms in total. The molecule has 0 bridgehead atoms. The van der Waals surface area contributed by atoms with Crippen LogP contribution in [0.25, 0.3) is 0 Å². The van der Waals surface area contributed by atoms with Crippen molar-refractivity contribution in [2.24, 2.45) is 0 Å². The summed E-state index contributed by atoms with van der Waals surface area (Å²) in [4.78, 5) is 3.96. The van der Waals surface area contributed by atoms with Gasteiger partial charge in [0.15, 0.2) is 0 Å². The highest BCUT2D eigenvalue weighted by Gasteiger charge is 2.03. The number of aromatic nitrogens is 1. The van der Waals surface area contributed by atoms with Crippen LogP contribution in [-0.4, -0.2) is 10.1 Å². The summed E-state index contributed by atoms with van der Waals surface area (Å²) in [7, 11) is 0. The molecule has 0 saturated carbocycles. The largest absolute Gasteiger partial charge is 0.390 e. The zero-order valence-electron chi connectivity index (χ0n) is 5.93. The van der Waals surface area contributed by atoms with Crippen LogP contribution in [-0.2, 0) is 6.61 Å². The lowest BCUT2D eigenvalue weighted by Gasteiger charge is -2.02. The van der Waals surface area contributed by atoms with Crippen LogP contribution in [0.5, 0.6) is 0 Å². The van der Waals surface area contributed by atoms with Gasteiger partial charge in [-0.2, -0.15) is 0 Å². The SMILES string of the molecule is Cc1cc(Br)c(Cl)nc1CO. The first-order valence-corrected chi connectivity index (χ1v) is 4.24. The molecule has 0 aliphatic rings. The lowest BCUT2D eigenvalue weighted by molar-refractivity contribution is 0.276. The Kier molecular flexibility index (Phi) is 2.87. The molecule has 1 N–H and O–H groups in total. The van der Waals surface area contributed by atoms with Gasteiger partial charge in [0.25, 0.3) is 0 Å². The van der Waals surface area contributed by atoms with Gasteiger partial charge in [0.2, 0.25) is 0 Å². The highest BCUT2D eigenvalue weighted by molar-refractivity contribution is 9.10. The van der Waals surface area contributed by atoms with Crippen molar-refractivity contribution < 1.29 is 5.11 Å². The Morgan fingerprint density at radius 3 is 2.91 bits per heavy atom. The number of hydrogen-bond acceptors (Lipinski definition) is 2. The predicted molar refractivity (Wildman–Crippen MR) is 47.6 cm³/mol. The molecule has 0 fully saturated rings. The molecule has 0 atom stereocenters. The second-order valence-corrected chi connectivity index (χ2v) is 3.40. The second-order valence-electron chi connectivity index (χ2n) is 2.18. The first kappa shape index (κ1) is 8.97. The van der Waals surface area contributed by atoms with Gasteiger partial charge in [0.05, 0.1) is 16.8 Å². The van der Waals surface area contributed by atoms with Gasteiger partial charge in [-0.3, -0.25) is 0 Å². The molecule has 0 aromatic carbocycles. The summed E-state index contributed by atoms with van der Waals surface area (Å²) in [5.41, 5.74) is 1.56. The Morgan fingerprint density at radius 1 is 1.73 bits per heavy atom. The third-order valence-electron chi connectivity index (χ3n) is 1.38. The first-order chi connectivity index (χ1) is 5.15. The predicted octanol–water partition coefficient (Wildman–Crippen LogP) is 2.30. The van der Waals surface area contributed by atoms with Gasteiger partial charge >= 0.3 is 0 Å². The Balaban J connectivity index is 3.21. The van der Waals surface area contributed by atoms with Crippen molar-refractivity contribution in [1.82, 2.24) is 4.98 Å². The summed E-state index contributed by atoms with van der Waals surface area (Å²) < 4.78 is 0.758. The van der Waals surface area contributed by atoms with Crippen LogP contribution in [0, 0.1) is 6.92 Å². The first-order valence-electron chi connectivity index (χ1n) is 3.07. The van der Waals surface area contributed by atoms with Crippen LogP contribution >= 0.6 is 27.5 Å². The van der Waals surface area contributed by atoms with Crippen LogP contribution in [0.4, 0.5) is 0 Å². The van der Waals surface area contributed by atoms with E-state index in [-0.39, 0.29) is 6.61 Å². The van der Waals surface area contributed by atoms with Crippen molar-refractivity contribution in [3.05, 3.63) is 26.9 Å². The van der Waals surface area contributed by atoms with Gasteiger partial charge in [0.1, 0.15) is 5.15 Å². The van der Waals surface area contributed by atoms with Crippen molar-refractivity contribution in [2.45, 2.75) is 13.5 Å². The van der Waals surface area contributed by atoms with Gasteiger partial charge in [-0.05, 0) is 34.5 Å². The van der Waals surface area contributed by atoms with Gasteiger partial charge in [-0.25, -0.2) is 4.98 Å². The fraction of sp³-hybridized carbons (Fsp3) is 0.286. The molecule has 4 heteroatoms. The average molecular weight is 236 g/mol. The van der Waals surface area contributed by atoms with Crippen molar-refractivity contribution in [3.8, 4) is 0 Å². The highest BCUT2D eigenvalue weighted by Crippen LogP contribution is 2.22. The van der Waals surface area contributed by atoms with E-state index in [2.05, 4.69) is 20.9 Å². The minimum absolute atomic E-state index is 0.0706. The van der Waals surface area contributed by atoms with Gasteiger partial charge in [0, 0.05) is 0 Å². The number of aryl methyl sites for hydroxylation is 1. The second kappa shape index (κ2) is 3.52. The van der Waals surface area contributed by atoms with Gasteiger partial charge in [-0.1, -0.05) is 11.6 Å². The lowest BCUT2D eigenvalue weighted by Crippen LogP contribution is -1.94. The Bertz CT molecular complexity index is 277. The molecule has 0 aliphatic heterocycles.